The molecule has 0 aromatic heterocycles. The summed E-state index contributed by atoms with van der Waals surface area (Å²) < 4.78 is 0. The number of amides is 2. The second-order valence-corrected chi connectivity index (χ2v) is 11.6. The zero-order chi connectivity index (χ0) is 24.7. The third kappa shape index (κ3) is 3.29. The van der Waals surface area contributed by atoms with Gasteiger partial charge >= 0.3 is 0 Å². The number of ketones is 2. The number of nitrogens with one attached hydrogen (secondary N) is 2. The van der Waals surface area contributed by atoms with E-state index >= 15 is 0 Å². The van der Waals surface area contributed by atoms with Crippen LogP contribution in [-0.2, 0) is 9.59 Å². The number of rotatable bonds is 4. The molecule has 4 aliphatic rings. The van der Waals surface area contributed by atoms with Crippen molar-refractivity contribution in [3.05, 3.63) is 57.9 Å². The number of Topliss-reactive ketones (excluding diaryl/α,β-unsaturated/α-hetero) is 2. The molecule has 178 valence electrons. The van der Waals surface area contributed by atoms with Crippen molar-refractivity contribution in [2.24, 2.45) is 34.5 Å². The van der Waals surface area contributed by atoms with E-state index < -0.39 is 0 Å². The lowest BCUT2D eigenvalue weighted by atomic mass is 9.95. The molecular weight excluding hydrogens is 428 g/mol. The quantitative estimate of drug-likeness (QED) is 0.659. The minimum atomic E-state index is -0.302. The van der Waals surface area contributed by atoms with Crippen LogP contribution in [0.3, 0.4) is 0 Å². The molecule has 4 atom stereocenters. The molecule has 0 unspecified atom stereocenters. The molecule has 4 saturated carbocycles. The smallest absolute Gasteiger partial charge is 0.255 e. The first-order valence-corrected chi connectivity index (χ1v) is 12.1. The van der Waals surface area contributed by atoms with E-state index in [-0.39, 0.29) is 46.0 Å². The lowest BCUT2D eigenvalue weighted by molar-refractivity contribution is -0.116. The topological polar surface area (TPSA) is 92.3 Å². The molecule has 6 heteroatoms. The number of benzene rings is 1. The van der Waals surface area contributed by atoms with E-state index in [0.29, 0.717) is 47.2 Å². The van der Waals surface area contributed by atoms with E-state index in [1.165, 1.54) is 0 Å². The minimum absolute atomic E-state index is 0.122. The number of fused-ring (bicyclic) bond motifs is 2. The molecule has 0 bridgehead atoms. The van der Waals surface area contributed by atoms with Crippen molar-refractivity contribution < 1.29 is 19.2 Å². The number of carbonyl (C=O) groups excluding carboxylic acids is 4. The van der Waals surface area contributed by atoms with Gasteiger partial charge in [0.15, 0.2) is 11.6 Å². The highest BCUT2D eigenvalue weighted by atomic mass is 16.2. The van der Waals surface area contributed by atoms with Crippen LogP contribution in [-0.4, -0.2) is 23.4 Å². The van der Waals surface area contributed by atoms with E-state index in [0.717, 1.165) is 11.1 Å². The van der Waals surface area contributed by atoms with Crippen molar-refractivity contribution in [3.8, 4) is 0 Å². The van der Waals surface area contributed by atoms with Crippen LogP contribution in [0.5, 0.6) is 0 Å². The van der Waals surface area contributed by atoms with Crippen LogP contribution in [0.4, 0.5) is 0 Å². The first-order chi connectivity index (χ1) is 15.9. The maximum absolute atomic E-state index is 12.8. The highest BCUT2D eigenvalue weighted by Gasteiger charge is 2.66. The minimum Gasteiger partial charge on any atom is -0.326 e. The Morgan fingerprint density at radius 3 is 1.32 bits per heavy atom. The highest BCUT2D eigenvalue weighted by Crippen LogP contribution is 2.68. The molecule has 0 saturated heterocycles. The van der Waals surface area contributed by atoms with Crippen LogP contribution in [0.15, 0.2) is 46.8 Å². The Kier molecular flexibility index (Phi) is 4.84. The van der Waals surface area contributed by atoms with Gasteiger partial charge in [-0.25, -0.2) is 0 Å². The summed E-state index contributed by atoms with van der Waals surface area (Å²) in [6, 6.07) is 6.41. The van der Waals surface area contributed by atoms with Crippen molar-refractivity contribution in [1.82, 2.24) is 10.6 Å². The van der Waals surface area contributed by atoms with Crippen LogP contribution in [0.25, 0.3) is 0 Å². The zero-order valence-electron chi connectivity index (χ0n) is 20.7. The largest absolute Gasteiger partial charge is 0.326 e. The van der Waals surface area contributed by atoms with Gasteiger partial charge in [-0.05, 0) is 72.6 Å². The fraction of sp³-hybridized carbons (Fsp3) is 0.500. The predicted molar refractivity (Wildman–Crippen MR) is 128 cm³/mol. The van der Waals surface area contributed by atoms with Gasteiger partial charge in [0.2, 0.25) is 0 Å². The maximum Gasteiger partial charge on any atom is 0.255 e. The monoisotopic (exact) mass is 460 g/mol. The predicted octanol–water partition coefficient (Wildman–Crippen LogP) is 4.18. The van der Waals surface area contributed by atoms with Gasteiger partial charge in [-0.15, -0.1) is 0 Å². The summed E-state index contributed by atoms with van der Waals surface area (Å²) in [6.07, 6.45) is 1.12. The van der Waals surface area contributed by atoms with Crippen molar-refractivity contribution in [3.63, 3.8) is 0 Å². The van der Waals surface area contributed by atoms with Gasteiger partial charge in [0.1, 0.15) is 0 Å². The molecule has 34 heavy (non-hydrogen) atoms. The Hall–Kier alpha value is -3.02. The standard InChI is InChI=1S/C28H32N2O4/c1-13(21-19(31)11-17-23(21)27(17,3)4)29-25(33)15-7-9-16(10-8-15)26(34)30-14(2)22-20(32)12-18-24(22)28(18,5)6/h7-10,17-18,23-24H,11-12H2,1-6H3,(H,29,33)(H,30,34)/b21-13+,22-14+/t17-,18-,23-,24-/m1/s1. The molecule has 4 aliphatic carbocycles. The highest BCUT2D eigenvalue weighted by molar-refractivity contribution is 6.04. The van der Waals surface area contributed by atoms with Gasteiger partial charge < -0.3 is 10.6 Å². The zero-order valence-corrected chi connectivity index (χ0v) is 20.7. The fourth-order valence-corrected chi connectivity index (χ4v) is 6.64. The molecule has 2 N–H and O–H groups in total. The van der Waals surface area contributed by atoms with Gasteiger partial charge in [0.05, 0.1) is 0 Å². The average Bonchev–Trinajstić information content (AvgIpc) is 3.27. The SMILES string of the molecule is C/C(NC(=O)c1ccc(C(=O)N/C(C)=C2\C(=O)C[C@@H]3[C@H]2C3(C)C)cc1)=C1/C(=O)C[C@@H]2[C@H]1C2(C)C. The molecule has 0 aliphatic heterocycles. The Labute approximate surface area is 200 Å². The third-order valence-corrected chi connectivity index (χ3v) is 8.95. The maximum atomic E-state index is 12.8. The molecule has 2 amide bonds. The van der Waals surface area contributed by atoms with Crippen molar-refractivity contribution in [1.29, 1.82) is 0 Å². The Morgan fingerprint density at radius 2 is 1.03 bits per heavy atom. The molecule has 0 radical (unpaired) electrons. The van der Waals surface area contributed by atoms with Crippen LogP contribution < -0.4 is 10.6 Å². The van der Waals surface area contributed by atoms with Gasteiger partial charge in [-0.1, -0.05) is 27.7 Å². The number of allylic oxidation sites excluding steroid dienone is 4. The summed E-state index contributed by atoms with van der Waals surface area (Å²) in [6.45, 7) is 12.2. The van der Waals surface area contributed by atoms with Crippen molar-refractivity contribution in [2.45, 2.75) is 54.4 Å². The van der Waals surface area contributed by atoms with E-state index in [1.807, 2.05) is 0 Å². The van der Waals surface area contributed by atoms with Gasteiger partial charge in [-0.3, -0.25) is 19.2 Å². The first kappa shape index (κ1) is 22.8. The number of hydrogen-bond donors (Lipinski definition) is 2. The van der Waals surface area contributed by atoms with E-state index in [9.17, 15) is 19.2 Å². The Bertz CT molecular complexity index is 1120. The molecule has 0 heterocycles. The fourth-order valence-electron chi connectivity index (χ4n) is 6.64. The number of carbonyl (C=O) groups is 4. The molecule has 0 spiro atoms. The molecule has 1 aromatic carbocycles. The summed E-state index contributed by atoms with van der Waals surface area (Å²) >= 11 is 0. The van der Waals surface area contributed by atoms with Crippen LogP contribution in [0, 0.1) is 34.5 Å². The lowest BCUT2D eigenvalue weighted by Gasteiger charge is -2.14. The molecule has 5 rings (SSSR count). The summed E-state index contributed by atoms with van der Waals surface area (Å²) in [7, 11) is 0. The van der Waals surface area contributed by atoms with Gasteiger partial charge in [0, 0.05) is 46.5 Å². The Morgan fingerprint density at radius 1 is 0.706 bits per heavy atom. The Balaban J connectivity index is 1.26. The van der Waals surface area contributed by atoms with E-state index in [2.05, 4.69) is 38.3 Å². The normalized spacial score (nSPS) is 32.5. The van der Waals surface area contributed by atoms with Gasteiger partial charge in [0.25, 0.3) is 11.8 Å². The lowest BCUT2D eigenvalue weighted by Crippen LogP contribution is -2.26. The molecule has 4 fully saturated rings. The van der Waals surface area contributed by atoms with E-state index in [1.54, 1.807) is 38.1 Å². The second kappa shape index (κ2) is 7.24. The molecule has 1 aromatic rings. The van der Waals surface area contributed by atoms with Gasteiger partial charge in [-0.2, -0.15) is 0 Å². The van der Waals surface area contributed by atoms with Crippen LogP contribution in [0.2, 0.25) is 0 Å². The van der Waals surface area contributed by atoms with Crippen LogP contribution >= 0.6 is 0 Å². The van der Waals surface area contributed by atoms with Crippen molar-refractivity contribution >= 4 is 23.4 Å². The molecule has 6 nitrogen and oxygen atoms in total. The number of hydrogen-bond acceptors (Lipinski definition) is 4. The molecular formula is C28H32N2O4. The van der Waals surface area contributed by atoms with E-state index in [4.69, 9.17) is 0 Å². The summed E-state index contributed by atoms with van der Waals surface area (Å²) in [5.41, 5.74) is 3.83. The average molecular weight is 461 g/mol. The summed E-state index contributed by atoms with van der Waals surface area (Å²) in [4.78, 5) is 50.3. The van der Waals surface area contributed by atoms with Crippen LogP contribution in [0.1, 0.15) is 75.1 Å². The third-order valence-electron chi connectivity index (χ3n) is 8.95. The summed E-state index contributed by atoms with van der Waals surface area (Å²) in [5, 5.41) is 5.76. The summed E-state index contributed by atoms with van der Waals surface area (Å²) in [5.74, 6) is 0.880. The van der Waals surface area contributed by atoms with Crippen molar-refractivity contribution in [2.75, 3.05) is 0 Å². The first-order valence-electron chi connectivity index (χ1n) is 12.1. The second-order valence-electron chi connectivity index (χ2n) is 11.6.